The van der Waals surface area contributed by atoms with E-state index >= 15 is 0 Å². The third-order valence-corrected chi connectivity index (χ3v) is 19.0. The summed E-state index contributed by atoms with van der Waals surface area (Å²) in [6, 6.07) is 44.5. The third kappa shape index (κ3) is 20.7. The van der Waals surface area contributed by atoms with Crippen LogP contribution < -0.4 is 59.7 Å². The van der Waals surface area contributed by atoms with Gasteiger partial charge < -0.3 is 36.9 Å². The van der Waals surface area contributed by atoms with Crippen LogP contribution in [0.1, 0.15) is 192 Å². The van der Waals surface area contributed by atoms with Crippen molar-refractivity contribution in [3.8, 4) is 0 Å². The zero-order valence-electron chi connectivity index (χ0n) is 76.7. The normalized spacial score (nSPS) is 11.4. The van der Waals surface area contributed by atoms with E-state index in [1.165, 1.54) is 10.7 Å². The number of benzene rings is 6. The van der Waals surface area contributed by atoms with Gasteiger partial charge in [-0.25, -0.2) is 51.9 Å². The Kier molecular flexibility index (Phi) is 39.7. The Morgan fingerprint density at radius 3 is 0.959 bits per heavy atom. The fourth-order valence-corrected chi connectivity index (χ4v) is 14.2. The van der Waals surface area contributed by atoms with Crippen LogP contribution in [0.2, 0.25) is 0 Å². The van der Waals surface area contributed by atoms with Gasteiger partial charge in [-0.2, -0.15) is 24.9 Å². The molecular weight excluding hydrogens is 1540 g/mol. The number of para-hydroxylation sites is 6. The van der Waals surface area contributed by atoms with E-state index in [2.05, 4.69) is 91.7 Å². The van der Waals surface area contributed by atoms with Gasteiger partial charge in [0.15, 0.2) is 11.5 Å². The van der Waals surface area contributed by atoms with E-state index in [1.807, 2.05) is 294 Å². The lowest BCUT2D eigenvalue weighted by molar-refractivity contribution is 0.619. The van der Waals surface area contributed by atoms with Crippen LogP contribution in [0.15, 0.2) is 176 Å². The van der Waals surface area contributed by atoms with Crippen molar-refractivity contribution < 1.29 is 0 Å². The van der Waals surface area contributed by atoms with Crippen molar-refractivity contribution >= 4 is 135 Å². The van der Waals surface area contributed by atoms with Gasteiger partial charge in [-0.15, -0.1) is 0 Å². The fourth-order valence-electron chi connectivity index (χ4n) is 14.2. The molecule has 123 heavy (non-hydrogen) atoms. The summed E-state index contributed by atoms with van der Waals surface area (Å²) >= 11 is 0. The van der Waals surface area contributed by atoms with Gasteiger partial charge in [0.2, 0.25) is 28.9 Å². The molecule has 17 aromatic rings. The molecule has 7 N–H and O–H groups in total. The molecule has 0 fully saturated rings. The van der Waals surface area contributed by atoms with Gasteiger partial charge in [-0.1, -0.05) is 211 Å². The first-order chi connectivity index (χ1) is 60.5. The Hall–Kier alpha value is -13.2. The molecule has 652 valence electrons. The number of nitrogens with one attached hydrogen (secondary N) is 7. The molecule has 11 aromatic heterocycles. The van der Waals surface area contributed by atoms with Crippen LogP contribution in [0.3, 0.4) is 0 Å². The van der Waals surface area contributed by atoms with Gasteiger partial charge in [0, 0.05) is 93.9 Å². The van der Waals surface area contributed by atoms with Crippen LogP contribution >= 0.6 is 0 Å². The standard InChI is InChI=1S/C16H16N4O.C16H12N4O.C15H15N5O.C15H14N4O.C13H10N6O.10C2H6/c2*1-17-14-11-7-3-5-9-13(11)20-15(21)10-6-2-4-8-12(10)18-16(20)19-14;1-16-13-10-8-17-7-6-12(10)20-14(21)9-4-2-3-5-11(9)18-15(20)19-13;1-16-13-10-6-4-8-12(10)19-14(20)9-5-2-3-7-11(9)17-15(19)18-13;1-14-10-9-11(16-6-15-9)19-12(20)7-4-2-3-5-8(7)17-13(19)18-10;10*1-2/h2,4,6,8H,3,5,7,9H2,1H3,(H,17,18,19);2-9H,1H3,(H,17,18,19);2-5,17H,6-8H2,1H3,(H,16,18,19);2-3,5,7H,4,6,8H2,1H3,(H,16,17,18);2-6H,1H3,(H,15,16)(H,14,17,18);10*1-2H3. The summed E-state index contributed by atoms with van der Waals surface area (Å²) in [4.78, 5) is 116. The van der Waals surface area contributed by atoms with Crippen molar-refractivity contribution in [2.24, 2.45) is 0 Å². The van der Waals surface area contributed by atoms with Crippen LogP contribution in [-0.4, -0.2) is 124 Å². The predicted molar refractivity (Wildman–Crippen MR) is 516 cm³/mol. The average Bonchev–Trinajstić information content (AvgIpc) is 1.72. The number of fused-ring (bicyclic) bond motifs is 20. The molecule has 1 aliphatic heterocycles. The Morgan fingerprint density at radius 1 is 0.285 bits per heavy atom. The smallest absolute Gasteiger partial charge is 0.268 e. The molecular formula is C95H127N23O5. The Balaban J connectivity index is 0.000000226. The van der Waals surface area contributed by atoms with E-state index in [9.17, 15) is 24.0 Å². The van der Waals surface area contributed by atoms with Crippen molar-refractivity contribution in [1.82, 2.24) is 87.1 Å². The molecule has 28 heteroatoms. The third-order valence-electron chi connectivity index (χ3n) is 19.0. The zero-order valence-corrected chi connectivity index (χ0v) is 76.7. The Morgan fingerprint density at radius 2 is 0.569 bits per heavy atom. The zero-order chi connectivity index (χ0) is 90.6. The summed E-state index contributed by atoms with van der Waals surface area (Å²) in [5.74, 6) is 5.99. The molecule has 28 nitrogen and oxygen atoms in total. The summed E-state index contributed by atoms with van der Waals surface area (Å²) in [7, 11) is 9.14. The second-order valence-corrected chi connectivity index (χ2v) is 24.8. The molecule has 0 radical (unpaired) electrons. The number of rotatable bonds is 5. The Bertz CT molecular complexity index is 6500. The molecule has 0 unspecified atom stereocenters. The lowest BCUT2D eigenvalue weighted by Gasteiger charge is -2.21. The van der Waals surface area contributed by atoms with Crippen LogP contribution in [0.25, 0.3) is 105 Å². The topological polar surface area (TPSA) is 337 Å². The van der Waals surface area contributed by atoms with Crippen LogP contribution in [0.4, 0.5) is 29.1 Å². The van der Waals surface area contributed by atoms with Crippen molar-refractivity contribution in [3.05, 3.63) is 237 Å². The number of anilines is 5. The number of aryl methyl sites for hydroxylation is 2. The maximum atomic E-state index is 12.8. The van der Waals surface area contributed by atoms with E-state index in [0.717, 1.165) is 120 Å². The maximum Gasteiger partial charge on any atom is 0.268 e. The van der Waals surface area contributed by atoms with E-state index in [4.69, 9.17) is 0 Å². The first-order valence-corrected chi connectivity index (χ1v) is 43.9. The molecule has 0 bridgehead atoms. The first-order valence-electron chi connectivity index (χ1n) is 43.9. The van der Waals surface area contributed by atoms with Gasteiger partial charge >= 0.3 is 0 Å². The highest BCUT2D eigenvalue weighted by Crippen LogP contribution is 2.31. The summed E-state index contributed by atoms with van der Waals surface area (Å²) in [6.07, 6.45) is 9.38. The van der Waals surface area contributed by atoms with Gasteiger partial charge in [-0.3, -0.25) is 24.0 Å². The average molecular weight is 1670 g/mol. The SMILES string of the molecule is CC.CC.CC.CC.CC.CC.CC.CC.CC.CC.CNc1nc2nc3ccccc3c(=O)n2c2c1CCC2.CNc1nc2nc3ccccc3c(=O)n2c2c1CCCC2.CNc1nc2nc3ccccc3c(=O)n2c2c1CNCC2.CNc1nc2nc3ccccc3c(=O)n2c2ccccc12.CNc1nc2nc3ccccc3c(=O)n2c2nc[nH]c12. The number of hydrogen-bond acceptors (Lipinski definition) is 22. The molecule has 2 aliphatic carbocycles. The number of aromatic amines is 1. The molecule has 0 atom stereocenters. The van der Waals surface area contributed by atoms with Gasteiger partial charge in [-0.05, 0) is 118 Å². The highest BCUT2D eigenvalue weighted by Gasteiger charge is 2.25. The highest BCUT2D eigenvalue weighted by molar-refractivity contribution is 5.93. The van der Waals surface area contributed by atoms with E-state index < -0.39 is 0 Å². The van der Waals surface area contributed by atoms with E-state index in [-0.39, 0.29) is 27.8 Å². The lowest BCUT2D eigenvalue weighted by atomic mass is 9.96. The summed E-state index contributed by atoms with van der Waals surface area (Å²) in [6.45, 7) is 41.6. The molecule has 0 saturated heterocycles. The molecule has 6 aromatic carbocycles. The first kappa shape index (κ1) is 98.6. The number of hydrogen-bond donors (Lipinski definition) is 7. The monoisotopic (exact) mass is 1670 g/mol. The quantitative estimate of drug-likeness (QED) is 0.0622. The summed E-state index contributed by atoms with van der Waals surface area (Å²) in [5.41, 5.74) is 11.5. The highest BCUT2D eigenvalue weighted by atomic mass is 16.1. The minimum Gasteiger partial charge on any atom is -0.373 e. The van der Waals surface area contributed by atoms with Crippen LogP contribution in [0.5, 0.6) is 0 Å². The summed E-state index contributed by atoms with van der Waals surface area (Å²) in [5, 5.41) is 22.7. The second kappa shape index (κ2) is 49.5. The summed E-state index contributed by atoms with van der Waals surface area (Å²) < 4.78 is 8.05. The van der Waals surface area contributed by atoms with Crippen molar-refractivity contribution in [2.75, 3.05) is 68.4 Å². The van der Waals surface area contributed by atoms with Crippen molar-refractivity contribution in [3.63, 3.8) is 0 Å². The molecule has 0 spiro atoms. The molecule has 3 aliphatic rings. The molecule has 12 heterocycles. The van der Waals surface area contributed by atoms with Gasteiger partial charge in [0.1, 0.15) is 28.8 Å². The lowest BCUT2D eigenvalue weighted by Crippen LogP contribution is -2.31. The van der Waals surface area contributed by atoms with Crippen molar-refractivity contribution in [2.45, 2.75) is 196 Å². The van der Waals surface area contributed by atoms with Crippen LogP contribution in [-0.2, 0) is 38.6 Å². The minimum absolute atomic E-state index is 0.0103. The van der Waals surface area contributed by atoms with Gasteiger partial charge in [0.05, 0.1) is 66.4 Å². The number of imidazole rings is 1. The molecule has 0 saturated carbocycles. The number of aromatic nitrogens is 17. The second-order valence-electron chi connectivity index (χ2n) is 24.8. The molecule has 0 amide bonds. The predicted octanol–water partition coefficient (Wildman–Crippen LogP) is 18.7. The Labute approximate surface area is 720 Å². The van der Waals surface area contributed by atoms with E-state index in [0.29, 0.717) is 113 Å². The number of nitrogens with zero attached hydrogens (tertiary/aromatic N) is 16. The van der Waals surface area contributed by atoms with E-state index in [1.54, 1.807) is 42.8 Å². The van der Waals surface area contributed by atoms with Crippen LogP contribution in [0, 0.1) is 0 Å². The maximum absolute atomic E-state index is 12.8. The van der Waals surface area contributed by atoms with Crippen molar-refractivity contribution in [1.29, 1.82) is 0 Å². The number of H-pyrrole nitrogens is 1. The van der Waals surface area contributed by atoms with Gasteiger partial charge in [0.25, 0.3) is 27.8 Å². The fraction of sp³-hybridized carbons (Fsp3) is 0.368. The minimum atomic E-state index is -0.169. The molecule has 20 rings (SSSR count). The largest absolute Gasteiger partial charge is 0.373 e.